The number of carboxylic acids is 1. The predicted octanol–water partition coefficient (Wildman–Crippen LogP) is 1.65. The van der Waals surface area contributed by atoms with Crippen LogP contribution in [0.3, 0.4) is 0 Å². The highest BCUT2D eigenvalue weighted by Crippen LogP contribution is 2.16. The van der Waals surface area contributed by atoms with Crippen molar-refractivity contribution in [3.8, 4) is 0 Å². The molecule has 15 heavy (non-hydrogen) atoms. The maximum Gasteiger partial charge on any atom is 0.394 e. The van der Waals surface area contributed by atoms with E-state index in [4.69, 9.17) is 10.6 Å². The predicted molar refractivity (Wildman–Crippen MR) is 51.5 cm³/mol. The van der Waals surface area contributed by atoms with Gasteiger partial charge in [0, 0.05) is 16.3 Å². The van der Waals surface area contributed by atoms with Gasteiger partial charge in [-0.2, -0.15) is 0 Å². The van der Waals surface area contributed by atoms with Crippen molar-refractivity contribution >= 4 is 23.3 Å². The van der Waals surface area contributed by atoms with E-state index in [1.54, 1.807) is 0 Å². The number of hydrogen-bond acceptors (Lipinski definition) is 3. The normalized spacial score (nSPS) is 8.80. The van der Waals surface area contributed by atoms with Crippen molar-refractivity contribution in [3.63, 3.8) is 0 Å². The number of hydrogen-bond donors (Lipinski definition) is 2. The molecule has 1 amide bonds. The Labute approximate surface area is 84.0 Å². The van der Waals surface area contributed by atoms with Gasteiger partial charge in [0.05, 0.1) is 0 Å². The van der Waals surface area contributed by atoms with Crippen LogP contribution in [-0.2, 0) is 9.59 Å². The summed E-state index contributed by atoms with van der Waals surface area (Å²) in [7, 11) is 0. The Kier molecular flexibility index (Phi) is 3.26. The molecule has 0 saturated carbocycles. The number of rotatable bonds is 2. The number of benzene rings is 1. The second-order valence-electron chi connectivity index (χ2n) is 2.50. The molecule has 1 aromatic rings. The van der Waals surface area contributed by atoms with Gasteiger partial charge in [-0.1, -0.05) is 17.2 Å². The topological polar surface area (TPSA) is 115 Å². The molecule has 0 spiro atoms. The lowest BCUT2D eigenvalue weighted by atomic mass is 10.3. The number of carboxylic acid groups (broad SMARTS) is 1. The number of nitrogens with zero attached hydrogens (tertiary/aromatic N) is 3. The molecule has 1 aromatic carbocycles. The summed E-state index contributed by atoms with van der Waals surface area (Å²) in [6.07, 6.45) is 0. The summed E-state index contributed by atoms with van der Waals surface area (Å²) in [4.78, 5) is 23.5. The third kappa shape index (κ3) is 3.02. The van der Waals surface area contributed by atoms with Crippen molar-refractivity contribution < 1.29 is 14.7 Å². The smallest absolute Gasteiger partial charge is 0.394 e. The molecule has 7 nitrogen and oxygen atoms in total. The first-order chi connectivity index (χ1) is 7.13. The zero-order chi connectivity index (χ0) is 11.3. The van der Waals surface area contributed by atoms with Crippen LogP contribution < -0.4 is 5.32 Å². The molecule has 7 heteroatoms. The molecule has 0 atom stereocenters. The fraction of sp³-hybridized carbons (Fsp3) is 0. The average molecular weight is 206 g/mol. The molecule has 0 radical (unpaired) electrons. The third-order valence-electron chi connectivity index (χ3n) is 1.48. The van der Waals surface area contributed by atoms with Crippen LogP contribution in [0.1, 0.15) is 0 Å². The quantitative estimate of drug-likeness (QED) is 0.331. The minimum Gasteiger partial charge on any atom is -0.474 e. The molecule has 0 fully saturated rings. The van der Waals surface area contributed by atoms with Crippen molar-refractivity contribution in [2.75, 3.05) is 5.32 Å². The fourth-order valence-electron chi connectivity index (χ4n) is 0.848. The summed E-state index contributed by atoms with van der Waals surface area (Å²) in [5.41, 5.74) is 8.82. The molecule has 0 unspecified atom stereocenters. The van der Waals surface area contributed by atoms with Crippen LogP contribution in [0.2, 0.25) is 0 Å². The Bertz CT molecular complexity index is 434. The molecule has 0 heterocycles. The van der Waals surface area contributed by atoms with Crippen LogP contribution in [0.5, 0.6) is 0 Å². The molecule has 0 bridgehead atoms. The van der Waals surface area contributed by atoms with E-state index in [9.17, 15) is 9.59 Å². The molecule has 2 N–H and O–H groups in total. The highest BCUT2D eigenvalue weighted by molar-refractivity contribution is 6.36. The largest absolute Gasteiger partial charge is 0.474 e. The minimum absolute atomic E-state index is 0.319. The van der Waals surface area contributed by atoms with E-state index >= 15 is 0 Å². The number of anilines is 1. The first-order valence-corrected chi connectivity index (χ1v) is 3.83. The van der Waals surface area contributed by atoms with E-state index in [2.05, 4.69) is 15.3 Å². The number of carbonyl (C=O) groups excluding carboxylic acids is 1. The second kappa shape index (κ2) is 4.64. The van der Waals surface area contributed by atoms with Gasteiger partial charge in [-0.3, -0.25) is 4.79 Å². The van der Waals surface area contributed by atoms with Gasteiger partial charge in [0.15, 0.2) is 0 Å². The Morgan fingerprint density at radius 3 is 2.40 bits per heavy atom. The molecule has 0 aliphatic rings. The molecular formula is C8H6N4O3. The summed E-state index contributed by atoms with van der Waals surface area (Å²) in [5, 5.41) is 13.8. The lowest BCUT2D eigenvalue weighted by molar-refractivity contribution is -0.147. The number of azide groups is 1. The van der Waals surface area contributed by atoms with Crippen molar-refractivity contribution in [1.82, 2.24) is 0 Å². The van der Waals surface area contributed by atoms with E-state index in [1.165, 1.54) is 24.3 Å². The lowest BCUT2D eigenvalue weighted by Gasteiger charge is -2.01. The van der Waals surface area contributed by atoms with Gasteiger partial charge in [-0.05, 0) is 17.7 Å². The van der Waals surface area contributed by atoms with Crippen LogP contribution in [0.15, 0.2) is 29.4 Å². The highest BCUT2D eigenvalue weighted by atomic mass is 16.4. The summed E-state index contributed by atoms with van der Waals surface area (Å²) in [6, 6.07) is 5.78. The van der Waals surface area contributed by atoms with Crippen LogP contribution in [0.25, 0.3) is 10.4 Å². The molecular weight excluding hydrogens is 200 g/mol. The summed E-state index contributed by atoms with van der Waals surface area (Å²) >= 11 is 0. The monoisotopic (exact) mass is 206 g/mol. The average Bonchev–Trinajstić information content (AvgIpc) is 2.21. The first-order valence-electron chi connectivity index (χ1n) is 3.83. The van der Waals surface area contributed by atoms with Crippen LogP contribution in [0.4, 0.5) is 11.4 Å². The molecule has 76 valence electrons. The maximum atomic E-state index is 10.7. The van der Waals surface area contributed by atoms with Crippen LogP contribution >= 0.6 is 0 Å². The summed E-state index contributed by atoms with van der Waals surface area (Å²) < 4.78 is 0. The van der Waals surface area contributed by atoms with Crippen LogP contribution in [-0.4, -0.2) is 17.0 Å². The van der Waals surface area contributed by atoms with Gasteiger partial charge in [0.25, 0.3) is 0 Å². The van der Waals surface area contributed by atoms with Crippen molar-refractivity contribution in [2.24, 2.45) is 5.11 Å². The fourth-order valence-corrected chi connectivity index (χ4v) is 0.848. The highest BCUT2D eigenvalue weighted by Gasteiger charge is 2.10. The van der Waals surface area contributed by atoms with Gasteiger partial charge in [0.1, 0.15) is 0 Å². The van der Waals surface area contributed by atoms with Crippen molar-refractivity contribution in [1.29, 1.82) is 0 Å². The van der Waals surface area contributed by atoms with E-state index in [0.29, 0.717) is 11.4 Å². The third-order valence-corrected chi connectivity index (χ3v) is 1.48. The van der Waals surface area contributed by atoms with E-state index in [0.717, 1.165) is 0 Å². The van der Waals surface area contributed by atoms with Crippen LogP contribution in [0, 0.1) is 0 Å². The Hall–Kier alpha value is -2.53. The summed E-state index contributed by atoms with van der Waals surface area (Å²) in [6.45, 7) is 0. The number of nitrogens with one attached hydrogen (secondary N) is 1. The van der Waals surface area contributed by atoms with Crippen molar-refractivity contribution in [3.05, 3.63) is 34.7 Å². The van der Waals surface area contributed by atoms with E-state index in [1.807, 2.05) is 0 Å². The Morgan fingerprint density at radius 2 is 1.93 bits per heavy atom. The van der Waals surface area contributed by atoms with Crippen molar-refractivity contribution in [2.45, 2.75) is 0 Å². The second-order valence-corrected chi connectivity index (χ2v) is 2.50. The molecule has 1 rings (SSSR count). The lowest BCUT2D eigenvalue weighted by Crippen LogP contribution is -2.21. The molecule has 0 aliphatic carbocycles. The standard InChI is InChI=1S/C8H6N4O3/c9-12-11-6-3-1-5(2-4-6)10-7(13)8(14)15/h1-4H,(H,10,13)(H,14,15). The van der Waals surface area contributed by atoms with Gasteiger partial charge in [-0.25, -0.2) is 4.79 Å². The van der Waals surface area contributed by atoms with E-state index in [-0.39, 0.29) is 0 Å². The van der Waals surface area contributed by atoms with Gasteiger partial charge < -0.3 is 10.4 Å². The first kappa shape index (κ1) is 10.6. The Balaban J connectivity index is 2.76. The zero-order valence-corrected chi connectivity index (χ0v) is 7.41. The minimum atomic E-state index is -1.56. The molecule has 0 saturated heterocycles. The van der Waals surface area contributed by atoms with Gasteiger partial charge in [0.2, 0.25) is 0 Å². The zero-order valence-electron chi connectivity index (χ0n) is 7.41. The SMILES string of the molecule is [N-]=[N+]=Nc1ccc(NC(=O)C(=O)O)cc1. The maximum absolute atomic E-state index is 10.7. The number of aliphatic carboxylic acids is 1. The number of amides is 1. The number of carbonyl (C=O) groups is 2. The van der Waals surface area contributed by atoms with Gasteiger partial charge >= 0.3 is 11.9 Å². The molecule has 0 aliphatic heterocycles. The van der Waals surface area contributed by atoms with E-state index < -0.39 is 11.9 Å². The Morgan fingerprint density at radius 1 is 1.33 bits per heavy atom. The van der Waals surface area contributed by atoms with Gasteiger partial charge in [-0.15, -0.1) is 0 Å². The summed E-state index contributed by atoms with van der Waals surface area (Å²) in [5.74, 6) is -2.68. The molecule has 0 aromatic heterocycles.